The van der Waals surface area contributed by atoms with Crippen LogP contribution < -0.4 is 4.57 Å². The van der Waals surface area contributed by atoms with Crippen LogP contribution in [0.2, 0.25) is 0 Å². The van der Waals surface area contributed by atoms with Gasteiger partial charge in [0.2, 0.25) is 0 Å². The van der Waals surface area contributed by atoms with Crippen molar-refractivity contribution in [2.75, 3.05) is 0 Å². The van der Waals surface area contributed by atoms with Gasteiger partial charge in [0.15, 0.2) is 0 Å². The van der Waals surface area contributed by atoms with E-state index in [0.717, 1.165) is 5.56 Å². The maximum atomic E-state index is 11.9. The molecule has 1 unspecified atom stereocenters. The summed E-state index contributed by atoms with van der Waals surface area (Å²) in [5.41, 5.74) is 1.03. The highest BCUT2D eigenvalue weighted by Gasteiger charge is 2.32. The third-order valence-electron chi connectivity index (χ3n) is 2.45. The van der Waals surface area contributed by atoms with Crippen molar-refractivity contribution in [2.24, 2.45) is 10.9 Å². The molecule has 0 aliphatic carbocycles. The van der Waals surface area contributed by atoms with E-state index in [1.807, 2.05) is 25.3 Å². The van der Waals surface area contributed by atoms with Gasteiger partial charge in [-0.15, -0.1) is 0 Å². The predicted molar refractivity (Wildman–Crippen MR) is 59.1 cm³/mol. The molecule has 1 aromatic rings. The Morgan fingerprint density at radius 2 is 2.25 bits per heavy atom. The number of ketones is 1. The van der Waals surface area contributed by atoms with E-state index < -0.39 is 0 Å². The van der Waals surface area contributed by atoms with E-state index in [1.54, 1.807) is 17.7 Å². The summed E-state index contributed by atoms with van der Waals surface area (Å²) in [4.78, 5) is 15.7. The highest BCUT2D eigenvalue weighted by atomic mass is 16.3. The van der Waals surface area contributed by atoms with Gasteiger partial charge in [-0.05, 0) is 18.6 Å². The summed E-state index contributed by atoms with van der Waals surface area (Å²) >= 11 is 0. The highest BCUT2D eigenvalue weighted by Crippen LogP contribution is 2.10. The molecule has 0 fully saturated rings. The Hall–Kier alpha value is -1.97. The molecule has 1 atom stereocenters. The highest BCUT2D eigenvalue weighted by molar-refractivity contribution is 6.36. The summed E-state index contributed by atoms with van der Waals surface area (Å²) in [6.07, 6.45) is 5.00. The number of nitrogens with zero attached hydrogens (tertiary/aromatic N) is 2. The van der Waals surface area contributed by atoms with Crippen LogP contribution in [-0.2, 0) is 4.79 Å². The molecule has 4 nitrogen and oxygen atoms in total. The third-order valence-corrected chi connectivity index (χ3v) is 2.45. The predicted octanol–water partition coefficient (Wildman–Crippen LogP) is 1.15. The lowest BCUT2D eigenvalue weighted by Crippen LogP contribution is -2.50. The summed E-state index contributed by atoms with van der Waals surface area (Å²) in [5.74, 6) is -0.263. The molecule has 0 saturated carbocycles. The Labute approximate surface area is 93.6 Å². The number of aromatic nitrogens is 1. The second-order valence-corrected chi connectivity index (χ2v) is 3.90. The van der Waals surface area contributed by atoms with Crippen molar-refractivity contribution in [3.8, 4) is 0 Å². The van der Waals surface area contributed by atoms with E-state index in [2.05, 4.69) is 4.99 Å². The molecule has 1 aliphatic heterocycles. The minimum absolute atomic E-state index is 0.0894. The summed E-state index contributed by atoms with van der Waals surface area (Å²) < 4.78 is 1.64. The number of rotatable bonds is 0. The number of carbonyl (C=O) groups excluding carboxylic acids is 1. The van der Waals surface area contributed by atoms with Crippen molar-refractivity contribution in [3.05, 3.63) is 42.0 Å². The molecule has 0 bridgehead atoms. The Bertz CT molecular complexity index is 503. The van der Waals surface area contributed by atoms with Crippen molar-refractivity contribution in [3.63, 3.8) is 0 Å². The zero-order chi connectivity index (χ0) is 11.7. The van der Waals surface area contributed by atoms with Crippen molar-refractivity contribution in [1.29, 1.82) is 0 Å². The van der Waals surface area contributed by atoms with Crippen LogP contribution in [0.5, 0.6) is 0 Å². The van der Waals surface area contributed by atoms with Gasteiger partial charge in [-0.25, -0.2) is 0 Å². The lowest BCUT2D eigenvalue weighted by molar-refractivity contribution is -0.554. The van der Waals surface area contributed by atoms with Gasteiger partial charge in [-0.3, -0.25) is 4.79 Å². The molecule has 16 heavy (non-hydrogen) atoms. The first kappa shape index (κ1) is 10.5. The van der Waals surface area contributed by atoms with E-state index in [-0.39, 0.29) is 23.4 Å². The molecular formula is C12H13N2O2+. The first-order valence-corrected chi connectivity index (χ1v) is 5.10. The first-order valence-electron chi connectivity index (χ1n) is 5.10. The van der Waals surface area contributed by atoms with Crippen molar-refractivity contribution < 1.29 is 14.5 Å². The first-order chi connectivity index (χ1) is 7.58. The molecule has 2 rings (SSSR count). The van der Waals surface area contributed by atoms with Crippen LogP contribution in [0.1, 0.15) is 12.5 Å². The smallest absolute Gasteiger partial charge is 0.376 e. The quantitative estimate of drug-likeness (QED) is 0.663. The van der Waals surface area contributed by atoms with Crippen LogP contribution >= 0.6 is 0 Å². The molecule has 1 aliphatic rings. The van der Waals surface area contributed by atoms with Gasteiger partial charge in [0, 0.05) is 11.1 Å². The summed E-state index contributed by atoms with van der Waals surface area (Å²) in [6.45, 7) is 3.67. The Morgan fingerprint density at radius 1 is 1.50 bits per heavy atom. The maximum Gasteiger partial charge on any atom is 0.376 e. The van der Waals surface area contributed by atoms with E-state index in [4.69, 9.17) is 0 Å². The second kappa shape index (κ2) is 3.89. The maximum absolute atomic E-state index is 11.9. The fourth-order valence-electron chi connectivity index (χ4n) is 1.61. The molecule has 1 aromatic heterocycles. The lowest BCUT2D eigenvalue weighted by atomic mass is 10.0. The monoisotopic (exact) mass is 217 g/mol. The number of allylic oxidation sites excluding steroid dienone is 1. The average Bonchev–Trinajstić information content (AvgIpc) is 2.23. The van der Waals surface area contributed by atoms with Gasteiger partial charge < -0.3 is 5.11 Å². The Balaban J connectivity index is 2.48. The van der Waals surface area contributed by atoms with Crippen LogP contribution in [-0.4, -0.2) is 16.7 Å². The molecule has 0 amide bonds. The molecule has 1 N–H and O–H groups in total. The summed E-state index contributed by atoms with van der Waals surface area (Å²) in [7, 11) is 0. The number of hydrogen-bond acceptors (Lipinski definition) is 3. The van der Waals surface area contributed by atoms with Gasteiger partial charge in [0.25, 0.3) is 5.78 Å². The normalized spacial score (nSPS) is 20.4. The van der Waals surface area contributed by atoms with Crippen LogP contribution in [0.3, 0.4) is 0 Å². The molecule has 0 radical (unpaired) electrons. The van der Waals surface area contributed by atoms with E-state index in [1.165, 1.54) is 6.08 Å². The van der Waals surface area contributed by atoms with Gasteiger partial charge in [0.1, 0.15) is 0 Å². The van der Waals surface area contributed by atoms with Gasteiger partial charge in [0.05, 0.1) is 18.3 Å². The minimum atomic E-state index is -0.333. The van der Waals surface area contributed by atoms with Crippen molar-refractivity contribution >= 4 is 11.6 Å². The molecule has 2 heterocycles. The standard InChI is InChI=1S/C12H12N2O2/c1-8-4-3-5-14(7-8)12-11(16)9(2)6-10(15)13-12/h3-7,9H,1-2H3/p+1. The number of aliphatic imine (C=N–C) groups is 1. The largest absolute Gasteiger partial charge is 0.475 e. The van der Waals surface area contributed by atoms with E-state index in [9.17, 15) is 9.90 Å². The zero-order valence-electron chi connectivity index (χ0n) is 9.21. The minimum Gasteiger partial charge on any atom is -0.475 e. The molecule has 4 heteroatoms. The topological polar surface area (TPSA) is 53.5 Å². The number of aliphatic hydroxyl groups is 1. The Kier molecular flexibility index (Phi) is 2.56. The molecule has 0 spiro atoms. The van der Waals surface area contributed by atoms with Crippen LogP contribution in [0.15, 0.2) is 41.5 Å². The number of pyridine rings is 1. The zero-order valence-corrected chi connectivity index (χ0v) is 9.21. The van der Waals surface area contributed by atoms with Gasteiger partial charge >= 0.3 is 11.7 Å². The van der Waals surface area contributed by atoms with Gasteiger partial charge in [-0.2, -0.15) is 4.57 Å². The van der Waals surface area contributed by atoms with Crippen LogP contribution in [0.25, 0.3) is 0 Å². The van der Waals surface area contributed by atoms with Crippen molar-refractivity contribution in [2.45, 2.75) is 13.8 Å². The van der Waals surface area contributed by atoms with Gasteiger partial charge in [-0.1, -0.05) is 13.0 Å². The fourth-order valence-corrected chi connectivity index (χ4v) is 1.61. The molecule has 82 valence electrons. The van der Waals surface area contributed by atoms with Crippen molar-refractivity contribution in [1.82, 2.24) is 0 Å². The molecular weight excluding hydrogens is 204 g/mol. The second-order valence-electron chi connectivity index (χ2n) is 3.90. The van der Waals surface area contributed by atoms with Crippen LogP contribution in [0, 0.1) is 12.8 Å². The number of aryl methyl sites for hydroxylation is 1. The number of carbonyl (C=O) groups is 1. The third kappa shape index (κ3) is 1.86. The lowest BCUT2D eigenvalue weighted by Gasteiger charge is -2.07. The molecule has 0 aromatic carbocycles. The SMILES string of the molecule is Cc1ccc[n+](C2=NC(O)=CC(C)C2=O)c1. The summed E-state index contributed by atoms with van der Waals surface area (Å²) in [5, 5.41) is 9.41. The fraction of sp³-hybridized carbons (Fsp3) is 0.250. The van der Waals surface area contributed by atoms with Crippen LogP contribution in [0.4, 0.5) is 0 Å². The van der Waals surface area contributed by atoms with E-state index in [0.29, 0.717) is 0 Å². The summed E-state index contributed by atoms with van der Waals surface area (Å²) in [6, 6.07) is 3.77. The number of Topliss-reactive ketones (excluding diaryl/α,β-unsaturated/α-hetero) is 1. The Morgan fingerprint density at radius 3 is 2.94 bits per heavy atom. The molecule has 0 saturated heterocycles. The number of hydrogen-bond donors (Lipinski definition) is 1. The number of aliphatic hydroxyl groups excluding tert-OH is 1. The average molecular weight is 217 g/mol. The van der Waals surface area contributed by atoms with E-state index >= 15 is 0 Å².